The number of fused-ring (bicyclic) bond motifs is 1. The van der Waals surface area contributed by atoms with E-state index >= 15 is 0 Å². The van der Waals surface area contributed by atoms with Gasteiger partial charge >= 0.3 is 11.9 Å². The van der Waals surface area contributed by atoms with Crippen molar-refractivity contribution in [2.75, 3.05) is 25.6 Å². The second kappa shape index (κ2) is 10.4. The van der Waals surface area contributed by atoms with E-state index in [9.17, 15) is 19.5 Å². The first kappa shape index (κ1) is 25.1. The van der Waals surface area contributed by atoms with E-state index in [1.807, 2.05) is 0 Å². The van der Waals surface area contributed by atoms with Gasteiger partial charge in [-0.1, -0.05) is 36.4 Å². The third-order valence-corrected chi connectivity index (χ3v) is 6.09. The molecule has 2 N–H and O–H groups in total. The van der Waals surface area contributed by atoms with Crippen LogP contribution in [0.3, 0.4) is 0 Å². The molecule has 196 valence electrons. The van der Waals surface area contributed by atoms with Crippen molar-refractivity contribution >= 4 is 29.1 Å². The maximum atomic E-state index is 13.1. The van der Waals surface area contributed by atoms with E-state index in [2.05, 4.69) is 15.0 Å². The first-order chi connectivity index (χ1) is 18.4. The number of esters is 2. The fraction of sp³-hybridized carbons (Fsp3) is 0.269. The van der Waals surface area contributed by atoms with Crippen LogP contribution in [0.1, 0.15) is 26.9 Å². The van der Waals surface area contributed by atoms with Gasteiger partial charge in [-0.25, -0.2) is 14.6 Å². The summed E-state index contributed by atoms with van der Waals surface area (Å²) < 4.78 is 19.1. The average Bonchev–Trinajstić information content (AvgIpc) is 3.51. The quantitative estimate of drug-likeness (QED) is 0.344. The lowest BCUT2D eigenvalue weighted by Gasteiger charge is -2.24. The van der Waals surface area contributed by atoms with E-state index in [1.54, 1.807) is 79.7 Å². The summed E-state index contributed by atoms with van der Waals surface area (Å²) in [5, 5.41) is 10.1. The molecule has 1 aliphatic rings. The molecule has 1 saturated heterocycles. The zero-order valence-corrected chi connectivity index (χ0v) is 20.6. The number of benzene rings is 2. The largest absolute Gasteiger partial charge is 0.452 e. The van der Waals surface area contributed by atoms with E-state index < -0.39 is 48.6 Å². The number of rotatable bonds is 7. The fourth-order valence-corrected chi connectivity index (χ4v) is 4.19. The molecule has 0 radical (unpaired) electrons. The first-order valence-corrected chi connectivity index (χ1v) is 11.8. The molecule has 3 heterocycles. The number of hydrogen-bond acceptors (Lipinski definition) is 10. The molecule has 2 aromatic carbocycles. The number of anilines is 1. The molecule has 1 aliphatic heterocycles. The molecular formula is C26H25N5O7. The zero-order chi connectivity index (χ0) is 26.8. The van der Waals surface area contributed by atoms with Crippen LogP contribution in [0.25, 0.3) is 11.2 Å². The Labute approximate surface area is 216 Å². The molecule has 4 atom stereocenters. The summed E-state index contributed by atoms with van der Waals surface area (Å²) in [7, 11) is 3.42. The summed E-state index contributed by atoms with van der Waals surface area (Å²) in [5.41, 5.74) is 0.274. The van der Waals surface area contributed by atoms with Crippen LogP contribution in [-0.2, 0) is 14.2 Å². The first-order valence-electron chi connectivity index (χ1n) is 11.8. The number of aliphatic hydroxyl groups is 1. The second-order valence-electron chi connectivity index (χ2n) is 8.83. The number of aliphatic hydroxyl groups excluding tert-OH is 1. The number of nitrogens with zero attached hydrogens (tertiary/aromatic N) is 4. The standard InChI is InChI=1S/C26H25N5O7/c1-30(2)26-28-21-18(22(33)29-26)27-14-31(21)23-20(38-25(35)16-11-7-4-8-12-16)19(17(13-32)36-23)37-24(34)15-9-5-3-6-10-15/h3-12,14,17,19-20,23,32H,13H2,1-2H3,(H,28,29,33)/t17-,19?,20+,23-/m1/s1. The lowest BCUT2D eigenvalue weighted by atomic mass is 10.1. The summed E-state index contributed by atoms with van der Waals surface area (Å²) in [4.78, 5) is 51.6. The van der Waals surface area contributed by atoms with Gasteiger partial charge in [-0.3, -0.25) is 14.3 Å². The minimum absolute atomic E-state index is 0.0395. The molecule has 4 aromatic rings. The normalized spacial score (nSPS) is 20.8. The van der Waals surface area contributed by atoms with Crippen molar-refractivity contribution in [3.8, 4) is 0 Å². The van der Waals surface area contributed by atoms with E-state index in [0.29, 0.717) is 0 Å². The van der Waals surface area contributed by atoms with E-state index in [4.69, 9.17) is 14.2 Å². The number of hydrogen-bond donors (Lipinski definition) is 2. The summed E-state index contributed by atoms with van der Waals surface area (Å²) in [5.74, 6) is -1.10. The van der Waals surface area contributed by atoms with Crippen LogP contribution < -0.4 is 10.5 Å². The summed E-state index contributed by atoms with van der Waals surface area (Å²) in [6.45, 7) is -0.536. The van der Waals surface area contributed by atoms with Gasteiger partial charge in [0.15, 0.2) is 29.6 Å². The number of nitrogens with one attached hydrogen (secondary N) is 1. The van der Waals surface area contributed by atoms with Gasteiger partial charge in [0, 0.05) is 14.1 Å². The molecule has 12 heteroatoms. The predicted octanol–water partition coefficient (Wildman–Crippen LogP) is 1.53. The molecule has 0 bridgehead atoms. The van der Waals surface area contributed by atoms with Crippen LogP contribution in [0.15, 0.2) is 71.8 Å². The number of aromatic amines is 1. The number of carbonyl (C=O) groups excluding carboxylic acids is 2. The topological polar surface area (TPSA) is 149 Å². The highest BCUT2D eigenvalue weighted by atomic mass is 16.6. The zero-order valence-electron chi connectivity index (χ0n) is 20.6. The van der Waals surface area contributed by atoms with E-state index in [0.717, 1.165) is 0 Å². The second-order valence-corrected chi connectivity index (χ2v) is 8.83. The molecule has 1 fully saturated rings. The van der Waals surface area contributed by atoms with Gasteiger partial charge in [-0.05, 0) is 24.3 Å². The molecule has 0 aliphatic carbocycles. The summed E-state index contributed by atoms with van der Waals surface area (Å²) >= 11 is 0. The molecule has 0 amide bonds. The Hall–Kier alpha value is -4.55. The van der Waals surface area contributed by atoms with Gasteiger partial charge in [0.05, 0.1) is 24.1 Å². The molecule has 38 heavy (non-hydrogen) atoms. The summed E-state index contributed by atoms with van der Waals surface area (Å²) in [6.07, 6.45) is -3.24. The maximum Gasteiger partial charge on any atom is 0.338 e. The van der Waals surface area contributed by atoms with Crippen molar-refractivity contribution in [1.29, 1.82) is 0 Å². The molecule has 12 nitrogen and oxygen atoms in total. The van der Waals surface area contributed by atoms with E-state index in [-0.39, 0.29) is 28.2 Å². The lowest BCUT2D eigenvalue weighted by molar-refractivity contribution is -0.0566. The van der Waals surface area contributed by atoms with Crippen LogP contribution in [0.4, 0.5) is 5.95 Å². The highest BCUT2D eigenvalue weighted by Crippen LogP contribution is 2.36. The third-order valence-electron chi connectivity index (χ3n) is 6.09. The number of H-pyrrole nitrogens is 1. The van der Waals surface area contributed by atoms with Crippen LogP contribution in [0, 0.1) is 0 Å². The highest BCUT2D eigenvalue weighted by molar-refractivity contribution is 5.90. The summed E-state index contributed by atoms with van der Waals surface area (Å²) in [6, 6.07) is 16.6. The van der Waals surface area contributed by atoms with Gasteiger partial charge in [-0.2, -0.15) is 4.98 Å². The van der Waals surface area contributed by atoms with Crippen LogP contribution in [-0.4, -0.2) is 75.6 Å². The minimum Gasteiger partial charge on any atom is -0.452 e. The number of aromatic nitrogens is 4. The Bertz CT molecular complexity index is 1500. The van der Waals surface area contributed by atoms with Crippen LogP contribution in [0.5, 0.6) is 0 Å². The molecule has 0 spiro atoms. The predicted molar refractivity (Wildman–Crippen MR) is 135 cm³/mol. The Morgan fingerprint density at radius 2 is 1.58 bits per heavy atom. The minimum atomic E-state index is -1.21. The Kier molecular flexibility index (Phi) is 6.90. The molecular weight excluding hydrogens is 494 g/mol. The average molecular weight is 520 g/mol. The molecule has 1 unspecified atom stereocenters. The van der Waals surface area contributed by atoms with E-state index in [1.165, 1.54) is 10.9 Å². The molecule has 0 saturated carbocycles. The number of ether oxygens (including phenoxy) is 3. The molecule has 2 aromatic heterocycles. The highest BCUT2D eigenvalue weighted by Gasteiger charge is 2.51. The fourth-order valence-electron chi connectivity index (χ4n) is 4.19. The van der Waals surface area contributed by atoms with Gasteiger partial charge in [0.25, 0.3) is 5.56 Å². The van der Waals surface area contributed by atoms with Crippen molar-refractivity contribution in [2.45, 2.75) is 24.5 Å². The van der Waals surface area contributed by atoms with Crippen molar-refractivity contribution < 1.29 is 28.9 Å². The van der Waals surface area contributed by atoms with Gasteiger partial charge < -0.3 is 24.2 Å². The molecule has 5 rings (SSSR count). The Morgan fingerprint density at radius 3 is 2.13 bits per heavy atom. The third kappa shape index (κ3) is 4.74. The van der Waals surface area contributed by atoms with Crippen molar-refractivity contribution in [3.63, 3.8) is 0 Å². The van der Waals surface area contributed by atoms with Gasteiger partial charge in [-0.15, -0.1) is 0 Å². The number of imidazole rings is 1. The Morgan fingerprint density at radius 1 is 1.00 bits per heavy atom. The Balaban J connectivity index is 1.56. The van der Waals surface area contributed by atoms with Crippen LogP contribution >= 0.6 is 0 Å². The smallest absolute Gasteiger partial charge is 0.338 e. The van der Waals surface area contributed by atoms with Crippen molar-refractivity contribution in [2.24, 2.45) is 0 Å². The van der Waals surface area contributed by atoms with Crippen LogP contribution in [0.2, 0.25) is 0 Å². The lowest BCUT2D eigenvalue weighted by Crippen LogP contribution is -2.40. The van der Waals surface area contributed by atoms with Gasteiger partial charge in [0.1, 0.15) is 6.10 Å². The SMILES string of the molecule is CN(C)c1nc2c(ncn2[C@@H]2O[C@H](CO)C(OC(=O)c3ccccc3)[C@@H]2OC(=O)c2ccccc2)c(=O)[nH]1. The van der Waals surface area contributed by atoms with Crippen molar-refractivity contribution in [1.82, 2.24) is 19.5 Å². The van der Waals surface area contributed by atoms with Crippen molar-refractivity contribution in [3.05, 3.63) is 88.5 Å². The van der Waals surface area contributed by atoms with Gasteiger partial charge in [0.2, 0.25) is 5.95 Å². The monoisotopic (exact) mass is 519 g/mol. The number of carbonyl (C=O) groups is 2. The maximum absolute atomic E-state index is 13.1.